The monoisotopic (exact) mass is 249 g/mol. The normalized spacial score (nSPS) is 27.1. The number of hydrogen-bond donors (Lipinski definition) is 2. The number of fused-ring (bicyclic) bond motifs is 2. The number of nitrogens with zero attached hydrogens (tertiary/aromatic N) is 4. The van der Waals surface area contributed by atoms with E-state index in [1.165, 1.54) is 0 Å². The summed E-state index contributed by atoms with van der Waals surface area (Å²) in [5.41, 5.74) is 6.69. The maximum Gasteiger partial charge on any atom is 0.227 e. The van der Waals surface area contributed by atoms with Gasteiger partial charge in [-0.2, -0.15) is 4.98 Å². The number of nitrogen functional groups attached to an aromatic ring is 1. The highest BCUT2D eigenvalue weighted by molar-refractivity contribution is 5.43. The van der Waals surface area contributed by atoms with Gasteiger partial charge in [-0.1, -0.05) is 0 Å². The van der Waals surface area contributed by atoms with E-state index in [2.05, 4.69) is 19.8 Å². The van der Waals surface area contributed by atoms with Crippen molar-refractivity contribution in [3.05, 3.63) is 11.8 Å². The zero-order chi connectivity index (χ0) is 12.7. The Morgan fingerprint density at radius 3 is 2.83 bits per heavy atom. The van der Waals surface area contributed by atoms with Gasteiger partial charge in [-0.15, -0.1) is 0 Å². The maximum absolute atomic E-state index is 9.01. The van der Waals surface area contributed by atoms with E-state index >= 15 is 0 Å². The van der Waals surface area contributed by atoms with E-state index in [9.17, 15) is 0 Å². The standard InChI is InChI=1S/C12H19N5O/c1-8-4-11(13)15-12(14-8)17-7-9-5-10(17)6-16(9)2-3-18/h4,9-10,18H,2-3,5-7H2,1H3,(H2,13,14,15)/t9-,10-/m0/s1. The minimum Gasteiger partial charge on any atom is -0.395 e. The second kappa shape index (κ2) is 4.37. The number of aryl methyl sites for hydroxylation is 1. The number of rotatable bonds is 3. The molecule has 0 amide bonds. The molecule has 0 radical (unpaired) electrons. The number of nitrogens with two attached hydrogens (primary N) is 1. The van der Waals surface area contributed by atoms with Crippen molar-refractivity contribution in [2.24, 2.45) is 0 Å². The van der Waals surface area contributed by atoms with Crippen molar-refractivity contribution in [2.45, 2.75) is 25.4 Å². The third kappa shape index (κ3) is 1.91. The highest BCUT2D eigenvalue weighted by Gasteiger charge is 2.43. The number of likely N-dealkylation sites (tertiary alicyclic amines) is 1. The molecular formula is C12H19N5O. The molecule has 2 fully saturated rings. The highest BCUT2D eigenvalue weighted by atomic mass is 16.3. The highest BCUT2D eigenvalue weighted by Crippen LogP contribution is 2.32. The summed E-state index contributed by atoms with van der Waals surface area (Å²) in [6.45, 7) is 4.87. The molecule has 2 aliphatic rings. The van der Waals surface area contributed by atoms with Crippen LogP contribution in [0, 0.1) is 6.92 Å². The molecule has 2 bridgehead atoms. The van der Waals surface area contributed by atoms with Crippen LogP contribution in [-0.2, 0) is 0 Å². The summed E-state index contributed by atoms with van der Waals surface area (Å²) in [5.74, 6) is 1.29. The van der Waals surface area contributed by atoms with Gasteiger partial charge in [-0.3, -0.25) is 4.90 Å². The summed E-state index contributed by atoms with van der Waals surface area (Å²) in [7, 11) is 0. The summed E-state index contributed by atoms with van der Waals surface area (Å²) >= 11 is 0. The van der Waals surface area contributed by atoms with Crippen molar-refractivity contribution < 1.29 is 5.11 Å². The second-order valence-electron chi connectivity index (χ2n) is 5.15. The van der Waals surface area contributed by atoms with Crippen LogP contribution in [0.5, 0.6) is 0 Å². The van der Waals surface area contributed by atoms with Crippen LogP contribution in [0.2, 0.25) is 0 Å². The number of aromatic nitrogens is 2. The number of hydrogen-bond acceptors (Lipinski definition) is 6. The van der Waals surface area contributed by atoms with Crippen LogP contribution in [-0.4, -0.2) is 58.3 Å². The Morgan fingerprint density at radius 2 is 2.22 bits per heavy atom. The maximum atomic E-state index is 9.01. The van der Waals surface area contributed by atoms with Crippen LogP contribution in [0.4, 0.5) is 11.8 Å². The van der Waals surface area contributed by atoms with E-state index in [1.54, 1.807) is 6.07 Å². The molecule has 3 N–H and O–H groups in total. The van der Waals surface area contributed by atoms with Crippen molar-refractivity contribution in [1.82, 2.24) is 14.9 Å². The average molecular weight is 249 g/mol. The van der Waals surface area contributed by atoms with Gasteiger partial charge in [0.2, 0.25) is 5.95 Å². The molecule has 1 aromatic heterocycles. The van der Waals surface area contributed by atoms with E-state index in [1.807, 2.05) is 6.92 Å². The van der Waals surface area contributed by atoms with Gasteiger partial charge < -0.3 is 15.7 Å². The molecule has 3 rings (SSSR count). The Hall–Kier alpha value is -1.40. The fourth-order valence-corrected chi connectivity index (χ4v) is 3.10. The van der Waals surface area contributed by atoms with Crippen molar-refractivity contribution in [2.75, 3.05) is 36.9 Å². The fourth-order valence-electron chi connectivity index (χ4n) is 3.10. The molecule has 1 aromatic rings. The topological polar surface area (TPSA) is 78.5 Å². The zero-order valence-electron chi connectivity index (χ0n) is 10.6. The molecule has 6 heteroatoms. The molecule has 0 aromatic carbocycles. The number of β-amino-alcohol motifs (C(OH)–C–C–N with tert-alkyl or cyclic N) is 1. The third-order valence-electron chi connectivity index (χ3n) is 3.86. The molecule has 0 unspecified atom stereocenters. The first-order valence-electron chi connectivity index (χ1n) is 6.40. The predicted octanol–water partition coefficient (Wildman–Crippen LogP) is -0.378. The van der Waals surface area contributed by atoms with Crippen LogP contribution in [0.15, 0.2) is 6.07 Å². The molecule has 98 valence electrons. The first-order chi connectivity index (χ1) is 8.67. The second-order valence-corrected chi connectivity index (χ2v) is 5.15. The summed E-state index contributed by atoms with van der Waals surface area (Å²) < 4.78 is 0. The van der Waals surface area contributed by atoms with Crippen LogP contribution in [0.1, 0.15) is 12.1 Å². The van der Waals surface area contributed by atoms with Crippen molar-refractivity contribution in [1.29, 1.82) is 0 Å². The quantitative estimate of drug-likeness (QED) is 0.760. The van der Waals surface area contributed by atoms with Gasteiger partial charge in [-0.05, 0) is 13.3 Å². The van der Waals surface area contributed by atoms with Gasteiger partial charge in [0.15, 0.2) is 0 Å². The molecule has 18 heavy (non-hydrogen) atoms. The van der Waals surface area contributed by atoms with Crippen molar-refractivity contribution >= 4 is 11.8 Å². The Kier molecular flexibility index (Phi) is 2.83. The SMILES string of the molecule is Cc1cc(N)nc(N2C[C@@H]3C[C@H]2CN3CCO)n1. The minimum absolute atomic E-state index is 0.233. The summed E-state index contributed by atoms with van der Waals surface area (Å²) in [5, 5.41) is 9.01. The lowest BCUT2D eigenvalue weighted by molar-refractivity contribution is 0.176. The van der Waals surface area contributed by atoms with Crippen LogP contribution >= 0.6 is 0 Å². The molecule has 2 atom stereocenters. The zero-order valence-corrected chi connectivity index (χ0v) is 10.6. The van der Waals surface area contributed by atoms with E-state index < -0.39 is 0 Å². The smallest absolute Gasteiger partial charge is 0.227 e. The molecule has 2 saturated heterocycles. The Balaban J connectivity index is 1.77. The predicted molar refractivity (Wildman–Crippen MR) is 69.4 cm³/mol. The lowest BCUT2D eigenvalue weighted by Crippen LogP contribution is -2.47. The van der Waals surface area contributed by atoms with E-state index in [-0.39, 0.29) is 6.61 Å². The Morgan fingerprint density at radius 1 is 1.39 bits per heavy atom. The van der Waals surface area contributed by atoms with Gasteiger partial charge in [0.05, 0.1) is 6.61 Å². The number of anilines is 2. The summed E-state index contributed by atoms with van der Waals surface area (Å²) in [6, 6.07) is 2.77. The Bertz CT molecular complexity index is 432. The van der Waals surface area contributed by atoms with E-state index in [0.29, 0.717) is 17.9 Å². The summed E-state index contributed by atoms with van der Waals surface area (Å²) in [4.78, 5) is 13.4. The van der Waals surface area contributed by atoms with Gasteiger partial charge in [0.1, 0.15) is 5.82 Å². The summed E-state index contributed by atoms with van der Waals surface area (Å²) in [6.07, 6.45) is 1.14. The molecule has 2 aliphatic heterocycles. The third-order valence-corrected chi connectivity index (χ3v) is 3.86. The van der Waals surface area contributed by atoms with Crippen molar-refractivity contribution in [3.8, 4) is 0 Å². The van der Waals surface area contributed by atoms with E-state index in [0.717, 1.165) is 37.7 Å². The first kappa shape index (κ1) is 11.7. The fraction of sp³-hybridized carbons (Fsp3) is 0.667. The van der Waals surface area contributed by atoms with Crippen LogP contribution in [0.25, 0.3) is 0 Å². The number of aliphatic hydroxyl groups excluding tert-OH is 1. The number of aliphatic hydroxyl groups is 1. The van der Waals surface area contributed by atoms with E-state index in [4.69, 9.17) is 10.8 Å². The van der Waals surface area contributed by atoms with Crippen LogP contribution < -0.4 is 10.6 Å². The lowest BCUT2D eigenvalue weighted by Gasteiger charge is -2.33. The Labute approximate surface area is 106 Å². The van der Waals surface area contributed by atoms with Gasteiger partial charge in [-0.25, -0.2) is 4.98 Å². The molecule has 0 saturated carbocycles. The van der Waals surface area contributed by atoms with Crippen LogP contribution in [0.3, 0.4) is 0 Å². The molecular weight excluding hydrogens is 230 g/mol. The molecule has 3 heterocycles. The molecule has 6 nitrogen and oxygen atoms in total. The number of piperazine rings is 1. The lowest BCUT2D eigenvalue weighted by atomic mass is 10.2. The molecule has 0 spiro atoms. The largest absolute Gasteiger partial charge is 0.395 e. The first-order valence-corrected chi connectivity index (χ1v) is 6.40. The van der Waals surface area contributed by atoms with Crippen molar-refractivity contribution in [3.63, 3.8) is 0 Å². The molecule has 0 aliphatic carbocycles. The van der Waals surface area contributed by atoms with Gasteiger partial charge in [0.25, 0.3) is 0 Å². The average Bonchev–Trinajstić information content (AvgIpc) is 2.87. The minimum atomic E-state index is 0.233. The van der Waals surface area contributed by atoms with Gasteiger partial charge in [0, 0.05) is 43.5 Å². The van der Waals surface area contributed by atoms with Gasteiger partial charge >= 0.3 is 0 Å².